The SMILES string of the molecule is CCCc1cc(N)nc(-c2cc(Cl)ccc2Br)n1. The van der Waals surface area contributed by atoms with Gasteiger partial charge in [0, 0.05) is 26.8 Å². The van der Waals surface area contributed by atoms with Gasteiger partial charge in [0.25, 0.3) is 0 Å². The number of nitrogen functional groups attached to an aromatic ring is 1. The minimum Gasteiger partial charge on any atom is -0.384 e. The molecule has 0 unspecified atom stereocenters. The number of aryl methyl sites for hydroxylation is 1. The summed E-state index contributed by atoms with van der Waals surface area (Å²) in [5.41, 5.74) is 7.62. The normalized spacial score (nSPS) is 10.6. The molecule has 1 heterocycles. The first-order valence-electron chi connectivity index (χ1n) is 5.69. The van der Waals surface area contributed by atoms with Crippen LogP contribution in [0.1, 0.15) is 19.0 Å². The molecule has 0 radical (unpaired) electrons. The number of hydrogen-bond donors (Lipinski definition) is 1. The third-order valence-electron chi connectivity index (χ3n) is 2.47. The van der Waals surface area contributed by atoms with Crippen molar-refractivity contribution >= 4 is 33.3 Å². The van der Waals surface area contributed by atoms with Gasteiger partial charge in [0.2, 0.25) is 0 Å². The van der Waals surface area contributed by atoms with Crippen LogP contribution in [-0.4, -0.2) is 9.97 Å². The zero-order valence-corrected chi connectivity index (χ0v) is 12.3. The number of halogens is 2. The summed E-state index contributed by atoms with van der Waals surface area (Å²) < 4.78 is 0.903. The molecule has 0 spiro atoms. The van der Waals surface area contributed by atoms with Gasteiger partial charge in [0.05, 0.1) is 0 Å². The van der Waals surface area contributed by atoms with Gasteiger partial charge in [-0.25, -0.2) is 9.97 Å². The molecule has 0 saturated carbocycles. The Hall–Kier alpha value is -1.13. The molecule has 18 heavy (non-hydrogen) atoms. The lowest BCUT2D eigenvalue weighted by Crippen LogP contribution is -2.00. The molecule has 3 nitrogen and oxygen atoms in total. The van der Waals surface area contributed by atoms with Crippen molar-refractivity contribution in [3.05, 3.63) is 39.5 Å². The summed E-state index contributed by atoms with van der Waals surface area (Å²) in [5, 5.41) is 0.649. The summed E-state index contributed by atoms with van der Waals surface area (Å²) in [6.45, 7) is 2.10. The number of nitrogens with two attached hydrogens (primary N) is 1. The average molecular weight is 327 g/mol. The fraction of sp³-hybridized carbons (Fsp3) is 0.231. The van der Waals surface area contributed by atoms with Crippen molar-refractivity contribution in [3.63, 3.8) is 0 Å². The highest BCUT2D eigenvalue weighted by atomic mass is 79.9. The first-order valence-corrected chi connectivity index (χ1v) is 6.86. The fourth-order valence-corrected chi connectivity index (χ4v) is 2.29. The van der Waals surface area contributed by atoms with Crippen LogP contribution in [0.4, 0.5) is 5.82 Å². The molecule has 5 heteroatoms. The van der Waals surface area contributed by atoms with Gasteiger partial charge in [-0.2, -0.15) is 0 Å². The van der Waals surface area contributed by atoms with E-state index in [9.17, 15) is 0 Å². The average Bonchev–Trinajstić information content (AvgIpc) is 2.32. The molecule has 0 aliphatic carbocycles. The van der Waals surface area contributed by atoms with Crippen molar-refractivity contribution in [1.29, 1.82) is 0 Å². The Labute approximate surface area is 120 Å². The smallest absolute Gasteiger partial charge is 0.162 e. The van der Waals surface area contributed by atoms with Crippen LogP contribution in [0.25, 0.3) is 11.4 Å². The van der Waals surface area contributed by atoms with E-state index in [4.69, 9.17) is 17.3 Å². The van der Waals surface area contributed by atoms with E-state index in [1.807, 2.05) is 24.3 Å². The Kier molecular flexibility index (Phi) is 4.19. The standard InChI is InChI=1S/C13H13BrClN3/c1-2-3-9-7-12(16)18-13(17-9)10-6-8(15)4-5-11(10)14/h4-7H,2-3H2,1H3,(H2,16,17,18). The largest absolute Gasteiger partial charge is 0.384 e. The van der Waals surface area contributed by atoms with Crippen LogP contribution >= 0.6 is 27.5 Å². The number of anilines is 1. The van der Waals surface area contributed by atoms with Crippen molar-refractivity contribution in [3.8, 4) is 11.4 Å². The van der Waals surface area contributed by atoms with E-state index in [1.54, 1.807) is 0 Å². The predicted molar refractivity (Wildman–Crippen MR) is 78.6 cm³/mol. The zero-order valence-electron chi connectivity index (χ0n) is 9.95. The van der Waals surface area contributed by atoms with E-state index in [0.717, 1.165) is 28.6 Å². The van der Waals surface area contributed by atoms with Crippen LogP contribution < -0.4 is 5.73 Å². The lowest BCUT2D eigenvalue weighted by Gasteiger charge is -2.07. The molecule has 0 bridgehead atoms. The second-order valence-electron chi connectivity index (χ2n) is 3.98. The Morgan fingerprint density at radius 3 is 2.78 bits per heavy atom. The maximum Gasteiger partial charge on any atom is 0.162 e. The monoisotopic (exact) mass is 325 g/mol. The van der Waals surface area contributed by atoms with Crippen LogP contribution in [0.3, 0.4) is 0 Å². The van der Waals surface area contributed by atoms with Crippen LogP contribution in [0.15, 0.2) is 28.7 Å². The summed E-state index contributed by atoms with van der Waals surface area (Å²) in [6, 6.07) is 7.33. The topological polar surface area (TPSA) is 51.8 Å². The van der Waals surface area contributed by atoms with Crippen LogP contribution in [0.5, 0.6) is 0 Å². The van der Waals surface area contributed by atoms with E-state index in [0.29, 0.717) is 16.7 Å². The number of hydrogen-bond acceptors (Lipinski definition) is 3. The minimum absolute atomic E-state index is 0.482. The van der Waals surface area contributed by atoms with Crippen molar-refractivity contribution in [1.82, 2.24) is 9.97 Å². The van der Waals surface area contributed by atoms with E-state index in [1.165, 1.54) is 0 Å². The number of rotatable bonds is 3. The molecular weight excluding hydrogens is 314 g/mol. The lowest BCUT2D eigenvalue weighted by molar-refractivity contribution is 0.877. The van der Waals surface area contributed by atoms with Crippen molar-refractivity contribution in [2.24, 2.45) is 0 Å². The third-order valence-corrected chi connectivity index (χ3v) is 3.40. The molecular formula is C13H13BrClN3. The number of benzene rings is 1. The highest BCUT2D eigenvalue weighted by molar-refractivity contribution is 9.10. The quantitative estimate of drug-likeness (QED) is 0.924. The highest BCUT2D eigenvalue weighted by Gasteiger charge is 2.09. The van der Waals surface area contributed by atoms with Crippen LogP contribution in [0, 0.1) is 0 Å². The lowest BCUT2D eigenvalue weighted by atomic mass is 10.2. The van der Waals surface area contributed by atoms with E-state index in [2.05, 4.69) is 32.8 Å². The summed E-state index contributed by atoms with van der Waals surface area (Å²) in [4.78, 5) is 8.78. The summed E-state index contributed by atoms with van der Waals surface area (Å²) in [5.74, 6) is 1.09. The maximum atomic E-state index is 6.00. The molecule has 1 aromatic heterocycles. The molecule has 2 aromatic rings. The Morgan fingerprint density at radius 2 is 2.06 bits per heavy atom. The van der Waals surface area contributed by atoms with Gasteiger partial charge in [0.15, 0.2) is 5.82 Å². The third kappa shape index (κ3) is 3.00. The van der Waals surface area contributed by atoms with Gasteiger partial charge in [-0.3, -0.25) is 0 Å². The minimum atomic E-state index is 0.482. The molecule has 0 saturated heterocycles. The number of nitrogens with zero attached hydrogens (tertiary/aromatic N) is 2. The molecule has 2 N–H and O–H groups in total. The molecule has 94 valence electrons. The predicted octanol–water partition coefficient (Wildman–Crippen LogP) is 4.09. The molecule has 0 amide bonds. The van der Waals surface area contributed by atoms with E-state index >= 15 is 0 Å². The van der Waals surface area contributed by atoms with Gasteiger partial charge < -0.3 is 5.73 Å². The molecule has 0 atom stereocenters. The Balaban J connectivity index is 2.52. The van der Waals surface area contributed by atoms with Gasteiger partial charge in [-0.15, -0.1) is 0 Å². The highest BCUT2D eigenvalue weighted by Crippen LogP contribution is 2.29. The second-order valence-corrected chi connectivity index (χ2v) is 5.27. The van der Waals surface area contributed by atoms with Gasteiger partial charge in [0.1, 0.15) is 5.82 Å². The van der Waals surface area contributed by atoms with Crippen LogP contribution in [0.2, 0.25) is 5.02 Å². The first-order chi connectivity index (χ1) is 8.60. The van der Waals surface area contributed by atoms with Crippen molar-refractivity contribution in [2.45, 2.75) is 19.8 Å². The molecule has 2 rings (SSSR count). The molecule has 0 aliphatic rings. The van der Waals surface area contributed by atoms with E-state index < -0.39 is 0 Å². The zero-order chi connectivity index (χ0) is 13.1. The summed E-state index contributed by atoms with van der Waals surface area (Å²) >= 11 is 9.48. The fourth-order valence-electron chi connectivity index (χ4n) is 1.69. The van der Waals surface area contributed by atoms with Gasteiger partial charge >= 0.3 is 0 Å². The van der Waals surface area contributed by atoms with Crippen molar-refractivity contribution in [2.75, 3.05) is 5.73 Å². The number of aromatic nitrogens is 2. The maximum absolute atomic E-state index is 6.00. The summed E-state index contributed by atoms with van der Waals surface area (Å²) in [6.07, 6.45) is 1.91. The molecule has 0 fully saturated rings. The molecule has 1 aromatic carbocycles. The molecule has 0 aliphatic heterocycles. The van der Waals surface area contributed by atoms with E-state index in [-0.39, 0.29) is 0 Å². The Morgan fingerprint density at radius 1 is 1.28 bits per heavy atom. The first kappa shape index (κ1) is 13.3. The van der Waals surface area contributed by atoms with Crippen LogP contribution in [-0.2, 0) is 6.42 Å². The summed E-state index contributed by atoms with van der Waals surface area (Å²) in [7, 11) is 0. The second kappa shape index (κ2) is 5.67. The van der Waals surface area contributed by atoms with Gasteiger partial charge in [-0.05, 0) is 24.6 Å². The van der Waals surface area contributed by atoms with Crippen molar-refractivity contribution < 1.29 is 0 Å². The van der Waals surface area contributed by atoms with Gasteiger partial charge in [-0.1, -0.05) is 40.9 Å². The Bertz CT molecular complexity index is 572.